The Morgan fingerprint density at radius 3 is 2.49 bits per heavy atom. The van der Waals surface area contributed by atoms with Crippen LogP contribution in [0, 0.1) is 16.0 Å². The third-order valence-corrected chi connectivity index (χ3v) is 5.50. The number of anilines is 2. The van der Waals surface area contributed by atoms with Crippen LogP contribution < -0.4 is 21.9 Å². The van der Waals surface area contributed by atoms with Gasteiger partial charge in [-0.25, -0.2) is 9.59 Å². The molecule has 3 rings (SSSR count). The number of carbonyl (C=O) groups is 2. The molecule has 1 fully saturated rings. The standard InChI is InChI=1S/C22H27N5O8/c1-13(2)11-26-19(23)18(20(29)24(3)22(26)31)17(28)12-35-21(30)14-4-5-15(16(10-14)27(32)33)25-6-8-34-9-7-25/h4-5,10,13H,6-9,11-12,23H2,1-3H3. The average Bonchev–Trinajstić information content (AvgIpc) is 2.84. The third-order valence-electron chi connectivity index (χ3n) is 5.50. The number of ether oxygens (including phenoxy) is 2. The van der Waals surface area contributed by atoms with Gasteiger partial charge < -0.3 is 20.1 Å². The molecular weight excluding hydrogens is 462 g/mol. The Morgan fingerprint density at radius 2 is 1.89 bits per heavy atom. The molecule has 1 aromatic heterocycles. The number of nitro groups is 1. The summed E-state index contributed by atoms with van der Waals surface area (Å²) in [5, 5.41) is 11.6. The summed E-state index contributed by atoms with van der Waals surface area (Å²) >= 11 is 0. The van der Waals surface area contributed by atoms with Crippen molar-refractivity contribution < 1.29 is 24.0 Å². The van der Waals surface area contributed by atoms with E-state index in [0.29, 0.717) is 32.0 Å². The van der Waals surface area contributed by atoms with Crippen LogP contribution in [0.1, 0.15) is 34.6 Å². The summed E-state index contributed by atoms with van der Waals surface area (Å²) < 4.78 is 12.2. The van der Waals surface area contributed by atoms with Gasteiger partial charge in [0.05, 0.1) is 23.7 Å². The molecule has 2 heterocycles. The molecule has 2 N–H and O–H groups in total. The smallest absolute Gasteiger partial charge is 0.338 e. The maximum Gasteiger partial charge on any atom is 0.338 e. The second-order valence-corrected chi connectivity index (χ2v) is 8.47. The molecular formula is C22H27N5O8. The molecule has 35 heavy (non-hydrogen) atoms. The van der Waals surface area contributed by atoms with Gasteiger partial charge in [0.15, 0.2) is 6.61 Å². The first-order valence-corrected chi connectivity index (χ1v) is 10.9. The van der Waals surface area contributed by atoms with Crippen molar-refractivity contribution in [1.82, 2.24) is 9.13 Å². The Labute approximate surface area is 199 Å². The number of benzene rings is 1. The fourth-order valence-electron chi connectivity index (χ4n) is 3.74. The van der Waals surface area contributed by atoms with Crippen LogP contribution >= 0.6 is 0 Å². The lowest BCUT2D eigenvalue weighted by Gasteiger charge is -2.28. The molecule has 1 aliphatic heterocycles. The van der Waals surface area contributed by atoms with Gasteiger partial charge in [0.25, 0.3) is 11.2 Å². The molecule has 0 unspecified atom stereocenters. The fraction of sp³-hybridized carbons (Fsp3) is 0.455. The predicted molar refractivity (Wildman–Crippen MR) is 126 cm³/mol. The van der Waals surface area contributed by atoms with Crippen LogP contribution in [0.3, 0.4) is 0 Å². The van der Waals surface area contributed by atoms with E-state index >= 15 is 0 Å². The normalized spacial score (nSPS) is 13.7. The zero-order valence-electron chi connectivity index (χ0n) is 19.7. The molecule has 1 aliphatic rings. The SMILES string of the molecule is CC(C)Cn1c(N)c(C(=O)COC(=O)c2ccc(N3CCOCC3)c([N+](=O)[O-])c2)c(=O)n(C)c1=O. The first-order valence-electron chi connectivity index (χ1n) is 10.9. The highest BCUT2D eigenvalue weighted by Gasteiger charge is 2.26. The van der Waals surface area contributed by atoms with Crippen molar-refractivity contribution in [3.63, 3.8) is 0 Å². The topological polar surface area (TPSA) is 169 Å². The summed E-state index contributed by atoms with van der Waals surface area (Å²) in [6, 6.07) is 3.88. The van der Waals surface area contributed by atoms with Gasteiger partial charge in [-0.1, -0.05) is 13.8 Å². The van der Waals surface area contributed by atoms with Crippen molar-refractivity contribution in [1.29, 1.82) is 0 Å². The lowest BCUT2D eigenvalue weighted by molar-refractivity contribution is -0.384. The van der Waals surface area contributed by atoms with Crippen molar-refractivity contribution >= 4 is 28.9 Å². The quantitative estimate of drug-likeness (QED) is 0.239. The first kappa shape index (κ1) is 25.6. The second kappa shape index (κ2) is 10.5. The van der Waals surface area contributed by atoms with E-state index in [2.05, 4.69) is 0 Å². The van der Waals surface area contributed by atoms with Crippen LogP contribution in [0.5, 0.6) is 0 Å². The number of hydrogen-bond acceptors (Lipinski definition) is 10. The van der Waals surface area contributed by atoms with Gasteiger partial charge >= 0.3 is 11.7 Å². The Hall–Kier alpha value is -4.00. The Balaban J connectivity index is 1.82. The van der Waals surface area contributed by atoms with Crippen LogP contribution in [0.15, 0.2) is 27.8 Å². The molecule has 0 saturated carbocycles. The minimum atomic E-state index is -0.985. The average molecular weight is 489 g/mol. The van der Waals surface area contributed by atoms with E-state index in [1.165, 1.54) is 19.2 Å². The van der Waals surface area contributed by atoms with E-state index in [1.807, 2.05) is 13.8 Å². The van der Waals surface area contributed by atoms with Gasteiger partial charge in [0.1, 0.15) is 17.1 Å². The van der Waals surface area contributed by atoms with E-state index in [-0.39, 0.29) is 29.5 Å². The second-order valence-electron chi connectivity index (χ2n) is 8.47. The lowest BCUT2D eigenvalue weighted by atomic mass is 10.1. The summed E-state index contributed by atoms with van der Waals surface area (Å²) in [7, 11) is 1.22. The van der Waals surface area contributed by atoms with Crippen LogP contribution in [0.25, 0.3) is 0 Å². The number of carbonyl (C=O) groups excluding carboxylic acids is 2. The number of esters is 1. The molecule has 1 saturated heterocycles. The zero-order chi connectivity index (χ0) is 25.9. The number of nitrogens with two attached hydrogens (primary N) is 1. The Kier molecular flexibility index (Phi) is 7.69. The maximum atomic E-state index is 12.7. The van der Waals surface area contributed by atoms with Crippen molar-refractivity contribution in [2.24, 2.45) is 13.0 Å². The molecule has 0 spiro atoms. The van der Waals surface area contributed by atoms with Gasteiger partial charge in [0, 0.05) is 32.7 Å². The highest BCUT2D eigenvalue weighted by atomic mass is 16.6. The van der Waals surface area contributed by atoms with Crippen LogP contribution in [0.2, 0.25) is 0 Å². The largest absolute Gasteiger partial charge is 0.454 e. The number of Topliss-reactive ketones (excluding diaryl/α,β-unsaturated/α-hetero) is 1. The van der Waals surface area contributed by atoms with E-state index < -0.39 is 40.1 Å². The third kappa shape index (κ3) is 5.40. The molecule has 0 radical (unpaired) electrons. The van der Waals surface area contributed by atoms with Crippen LogP contribution in [-0.4, -0.2) is 58.7 Å². The summed E-state index contributed by atoms with van der Waals surface area (Å²) in [4.78, 5) is 63.0. The predicted octanol–water partition coefficient (Wildman–Crippen LogP) is 0.570. The highest BCUT2D eigenvalue weighted by Crippen LogP contribution is 2.30. The van der Waals surface area contributed by atoms with Crippen molar-refractivity contribution in [2.75, 3.05) is 43.5 Å². The summed E-state index contributed by atoms with van der Waals surface area (Å²) in [6.07, 6.45) is 0. The summed E-state index contributed by atoms with van der Waals surface area (Å²) in [5.74, 6) is -2.18. The fourth-order valence-corrected chi connectivity index (χ4v) is 3.74. The minimum Gasteiger partial charge on any atom is -0.454 e. The monoisotopic (exact) mass is 489 g/mol. The molecule has 1 aromatic carbocycles. The van der Waals surface area contributed by atoms with Crippen molar-refractivity contribution in [3.05, 3.63) is 60.3 Å². The van der Waals surface area contributed by atoms with E-state index in [9.17, 15) is 29.3 Å². The number of nitrogen functional groups attached to an aromatic ring is 1. The van der Waals surface area contributed by atoms with E-state index in [4.69, 9.17) is 15.2 Å². The Morgan fingerprint density at radius 1 is 1.23 bits per heavy atom. The van der Waals surface area contributed by atoms with E-state index in [1.54, 1.807) is 4.90 Å². The number of aromatic nitrogens is 2. The number of nitrogens with zero attached hydrogens (tertiary/aromatic N) is 4. The Bertz CT molecular complexity index is 1270. The van der Waals surface area contributed by atoms with Crippen LogP contribution in [-0.2, 0) is 23.1 Å². The van der Waals surface area contributed by atoms with Crippen molar-refractivity contribution in [2.45, 2.75) is 20.4 Å². The maximum absolute atomic E-state index is 12.7. The number of ketones is 1. The van der Waals surface area contributed by atoms with Gasteiger partial charge in [0.2, 0.25) is 5.78 Å². The molecule has 13 nitrogen and oxygen atoms in total. The van der Waals surface area contributed by atoms with Crippen LogP contribution in [0.4, 0.5) is 17.2 Å². The molecule has 0 atom stereocenters. The number of hydrogen-bond donors (Lipinski definition) is 1. The zero-order valence-corrected chi connectivity index (χ0v) is 19.7. The molecule has 188 valence electrons. The van der Waals surface area contributed by atoms with Gasteiger partial charge in [-0.05, 0) is 18.1 Å². The molecule has 0 amide bonds. The van der Waals surface area contributed by atoms with Gasteiger partial charge in [-0.2, -0.15) is 0 Å². The first-order chi connectivity index (χ1) is 16.5. The van der Waals surface area contributed by atoms with Crippen molar-refractivity contribution in [3.8, 4) is 0 Å². The molecule has 2 aromatic rings. The highest BCUT2D eigenvalue weighted by molar-refractivity contribution is 6.02. The molecule has 0 aliphatic carbocycles. The minimum absolute atomic E-state index is 0.00417. The number of rotatable bonds is 8. The molecule has 0 bridgehead atoms. The summed E-state index contributed by atoms with van der Waals surface area (Å²) in [6.45, 7) is 4.80. The van der Waals surface area contributed by atoms with Gasteiger partial charge in [-0.15, -0.1) is 0 Å². The number of morpholine rings is 1. The van der Waals surface area contributed by atoms with E-state index in [0.717, 1.165) is 15.2 Å². The number of nitro benzene ring substituents is 1. The molecule has 13 heteroatoms. The summed E-state index contributed by atoms with van der Waals surface area (Å²) in [5.41, 5.74) is 3.85. The van der Waals surface area contributed by atoms with Gasteiger partial charge in [-0.3, -0.25) is 28.8 Å². The lowest BCUT2D eigenvalue weighted by Crippen LogP contribution is -2.43.